The Bertz CT molecular complexity index is 389. The molecule has 6 nitrogen and oxygen atoms in total. The van der Waals surface area contributed by atoms with E-state index in [0.717, 1.165) is 0 Å². The third-order valence-electron chi connectivity index (χ3n) is 2.72. The fraction of sp³-hybridized carbons (Fsp3) is 0.909. The largest absolute Gasteiger partial charge is 0.444 e. The fourth-order valence-electron chi connectivity index (χ4n) is 1.99. The van der Waals surface area contributed by atoms with Crippen molar-refractivity contribution in [2.75, 3.05) is 0 Å². The third kappa shape index (κ3) is 4.55. The molecular formula is C11H18F2N4O2. The summed E-state index contributed by atoms with van der Waals surface area (Å²) in [4.78, 5) is 14.0. The van der Waals surface area contributed by atoms with Crippen LogP contribution in [0.3, 0.4) is 0 Å². The summed E-state index contributed by atoms with van der Waals surface area (Å²) in [6, 6.07) is -2.48. The molecule has 0 aromatic rings. The van der Waals surface area contributed by atoms with Crippen molar-refractivity contribution in [1.29, 1.82) is 0 Å². The number of hydrogen-bond acceptors (Lipinski definition) is 3. The van der Waals surface area contributed by atoms with Crippen molar-refractivity contribution in [3.8, 4) is 0 Å². The zero-order chi connectivity index (χ0) is 14.7. The number of nitrogens with one attached hydrogen (secondary N) is 1. The minimum Gasteiger partial charge on any atom is -0.444 e. The number of carbonyl (C=O) groups excluding carboxylic acids is 1. The summed E-state index contributed by atoms with van der Waals surface area (Å²) < 4.78 is 32.3. The third-order valence-corrected chi connectivity index (χ3v) is 2.72. The summed E-state index contributed by atoms with van der Waals surface area (Å²) >= 11 is 0. The van der Waals surface area contributed by atoms with E-state index in [1.807, 2.05) is 0 Å². The lowest BCUT2D eigenvalue weighted by atomic mass is 9.87. The van der Waals surface area contributed by atoms with Gasteiger partial charge in [0.25, 0.3) is 5.92 Å². The Morgan fingerprint density at radius 2 is 2.16 bits per heavy atom. The van der Waals surface area contributed by atoms with Crippen LogP contribution in [0.5, 0.6) is 0 Å². The summed E-state index contributed by atoms with van der Waals surface area (Å²) in [6.07, 6.45) is -0.541. The lowest BCUT2D eigenvalue weighted by Crippen LogP contribution is -2.53. The van der Waals surface area contributed by atoms with E-state index in [4.69, 9.17) is 10.3 Å². The van der Waals surface area contributed by atoms with E-state index in [1.165, 1.54) is 0 Å². The minimum absolute atomic E-state index is 0.255. The molecule has 19 heavy (non-hydrogen) atoms. The number of azide groups is 1. The molecule has 108 valence electrons. The Morgan fingerprint density at radius 3 is 2.68 bits per heavy atom. The number of alkyl carbamates (subject to hydrolysis) is 1. The van der Waals surface area contributed by atoms with Gasteiger partial charge in [-0.25, -0.2) is 13.6 Å². The molecule has 0 radical (unpaired) electrons. The van der Waals surface area contributed by atoms with Crippen LogP contribution in [0.2, 0.25) is 0 Å². The molecule has 1 N–H and O–H groups in total. The van der Waals surface area contributed by atoms with Crippen molar-refractivity contribution in [2.24, 2.45) is 5.11 Å². The van der Waals surface area contributed by atoms with E-state index in [0.29, 0.717) is 6.42 Å². The molecule has 0 spiro atoms. The van der Waals surface area contributed by atoms with Crippen molar-refractivity contribution in [3.05, 3.63) is 10.4 Å². The number of carbonyl (C=O) groups is 1. The fourth-order valence-corrected chi connectivity index (χ4v) is 1.99. The molecule has 2 atom stereocenters. The molecule has 1 aliphatic carbocycles. The lowest BCUT2D eigenvalue weighted by Gasteiger charge is -2.35. The minimum atomic E-state index is -3.11. The van der Waals surface area contributed by atoms with Gasteiger partial charge in [-0.3, -0.25) is 0 Å². The quantitative estimate of drug-likeness (QED) is 0.476. The van der Waals surface area contributed by atoms with Crippen LogP contribution in [-0.2, 0) is 4.74 Å². The molecule has 0 bridgehead atoms. The molecule has 1 aliphatic rings. The highest BCUT2D eigenvalue weighted by Crippen LogP contribution is 2.36. The van der Waals surface area contributed by atoms with Gasteiger partial charge in [0, 0.05) is 17.4 Å². The number of amides is 1. The summed E-state index contributed by atoms with van der Waals surface area (Å²) in [5.74, 6) is -3.11. The maximum absolute atomic E-state index is 13.6. The Balaban J connectivity index is 2.74. The second kappa shape index (κ2) is 5.61. The highest BCUT2D eigenvalue weighted by atomic mass is 19.3. The smallest absolute Gasteiger partial charge is 0.407 e. The van der Waals surface area contributed by atoms with E-state index in [-0.39, 0.29) is 12.8 Å². The van der Waals surface area contributed by atoms with Gasteiger partial charge in [-0.1, -0.05) is 5.11 Å². The first kappa shape index (κ1) is 15.5. The highest BCUT2D eigenvalue weighted by Gasteiger charge is 2.47. The summed E-state index contributed by atoms with van der Waals surface area (Å²) in [5, 5.41) is 5.49. The molecular weight excluding hydrogens is 258 g/mol. The van der Waals surface area contributed by atoms with Gasteiger partial charge in [0.1, 0.15) is 11.6 Å². The van der Waals surface area contributed by atoms with Crippen LogP contribution in [0.25, 0.3) is 10.4 Å². The molecule has 8 heteroatoms. The van der Waals surface area contributed by atoms with Gasteiger partial charge in [0.15, 0.2) is 0 Å². The van der Waals surface area contributed by atoms with Crippen LogP contribution in [0.4, 0.5) is 13.6 Å². The molecule has 1 amide bonds. The van der Waals surface area contributed by atoms with Gasteiger partial charge >= 0.3 is 6.09 Å². The standard InChI is InChI=1S/C11H18F2N4O2/c1-10(2,3)19-9(18)15-7-5-4-6-11(12,13)8(7)16-17-14/h7-8H,4-6H2,1-3H3,(H,15,18)/t7-,8+/m1/s1. The van der Waals surface area contributed by atoms with E-state index < -0.39 is 29.7 Å². The summed E-state index contributed by atoms with van der Waals surface area (Å²) in [5.41, 5.74) is 7.66. The summed E-state index contributed by atoms with van der Waals surface area (Å²) in [6.45, 7) is 5.02. The van der Waals surface area contributed by atoms with E-state index in [9.17, 15) is 13.6 Å². The predicted octanol–water partition coefficient (Wildman–Crippen LogP) is 3.38. The molecule has 0 saturated heterocycles. The molecule has 0 aromatic carbocycles. The topological polar surface area (TPSA) is 87.1 Å². The van der Waals surface area contributed by atoms with Crippen molar-refractivity contribution in [1.82, 2.24) is 5.32 Å². The lowest BCUT2D eigenvalue weighted by molar-refractivity contribution is -0.0627. The molecule has 0 heterocycles. The number of hydrogen-bond donors (Lipinski definition) is 1. The normalized spacial score (nSPS) is 26.2. The van der Waals surface area contributed by atoms with E-state index in [2.05, 4.69) is 15.3 Å². The Hall–Kier alpha value is -1.56. The number of nitrogens with zero attached hydrogens (tertiary/aromatic N) is 3. The van der Waals surface area contributed by atoms with Gasteiger partial charge in [-0.15, -0.1) is 0 Å². The van der Waals surface area contributed by atoms with E-state index in [1.54, 1.807) is 20.8 Å². The molecule has 1 fully saturated rings. The second-order valence-electron chi connectivity index (χ2n) is 5.56. The second-order valence-corrected chi connectivity index (χ2v) is 5.56. The average molecular weight is 276 g/mol. The monoisotopic (exact) mass is 276 g/mol. The van der Waals surface area contributed by atoms with Gasteiger partial charge in [0.2, 0.25) is 0 Å². The molecule has 0 aliphatic heterocycles. The van der Waals surface area contributed by atoms with Crippen LogP contribution in [0.15, 0.2) is 5.11 Å². The number of halogens is 2. The molecule has 0 aromatic heterocycles. The summed E-state index contributed by atoms with van der Waals surface area (Å²) in [7, 11) is 0. The van der Waals surface area contributed by atoms with Crippen LogP contribution in [-0.4, -0.2) is 29.7 Å². The van der Waals surface area contributed by atoms with Gasteiger partial charge in [-0.2, -0.15) is 0 Å². The first-order valence-electron chi connectivity index (χ1n) is 6.07. The van der Waals surface area contributed by atoms with Crippen LogP contribution >= 0.6 is 0 Å². The molecule has 1 saturated carbocycles. The van der Waals surface area contributed by atoms with Crippen LogP contribution in [0, 0.1) is 0 Å². The van der Waals surface area contributed by atoms with Gasteiger partial charge in [0.05, 0.1) is 0 Å². The number of rotatable bonds is 2. The maximum atomic E-state index is 13.6. The highest BCUT2D eigenvalue weighted by molar-refractivity contribution is 5.68. The average Bonchev–Trinajstić information content (AvgIpc) is 2.20. The van der Waals surface area contributed by atoms with Crippen molar-refractivity contribution in [3.63, 3.8) is 0 Å². The first-order valence-corrected chi connectivity index (χ1v) is 6.07. The Labute approximate surface area is 110 Å². The SMILES string of the molecule is CC(C)(C)OC(=O)N[C@@H]1CCCC(F)(F)[C@H]1N=[N+]=[N-]. The molecule has 0 unspecified atom stereocenters. The predicted molar refractivity (Wildman–Crippen MR) is 64.9 cm³/mol. The maximum Gasteiger partial charge on any atom is 0.407 e. The van der Waals surface area contributed by atoms with Gasteiger partial charge in [-0.05, 0) is 39.1 Å². The van der Waals surface area contributed by atoms with Crippen molar-refractivity contribution < 1.29 is 18.3 Å². The Kier molecular flexibility index (Phi) is 4.57. The van der Waals surface area contributed by atoms with Gasteiger partial charge < -0.3 is 10.1 Å². The zero-order valence-corrected chi connectivity index (χ0v) is 11.2. The Morgan fingerprint density at radius 1 is 1.53 bits per heavy atom. The zero-order valence-electron chi connectivity index (χ0n) is 11.2. The van der Waals surface area contributed by atoms with Crippen LogP contribution in [0.1, 0.15) is 40.0 Å². The van der Waals surface area contributed by atoms with Crippen molar-refractivity contribution in [2.45, 2.75) is 63.6 Å². The van der Waals surface area contributed by atoms with Crippen molar-refractivity contribution >= 4 is 6.09 Å². The first-order chi connectivity index (χ1) is 8.65. The van der Waals surface area contributed by atoms with Crippen LogP contribution < -0.4 is 5.32 Å². The molecule has 1 rings (SSSR count). The van der Waals surface area contributed by atoms with E-state index >= 15 is 0 Å². The number of alkyl halides is 2. The number of ether oxygens (including phenoxy) is 1.